The Kier molecular flexibility index (Phi) is 7.24. The van der Waals surface area contributed by atoms with Gasteiger partial charge in [-0.1, -0.05) is 13.0 Å². The quantitative estimate of drug-likeness (QED) is 0.564. The van der Waals surface area contributed by atoms with Crippen molar-refractivity contribution in [3.05, 3.63) is 12.2 Å². The molecule has 4 heteroatoms. The van der Waals surface area contributed by atoms with E-state index in [1.54, 1.807) is 6.08 Å². The zero-order valence-corrected chi connectivity index (χ0v) is 7.94. The van der Waals surface area contributed by atoms with E-state index in [1.807, 2.05) is 11.8 Å². The third-order valence-corrected chi connectivity index (χ3v) is 1.58. The summed E-state index contributed by atoms with van der Waals surface area (Å²) in [6.07, 6.45) is 3.72. The van der Waals surface area contributed by atoms with Crippen molar-refractivity contribution in [1.29, 1.82) is 0 Å². The first-order valence-corrected chi connectivity index (χ1v) is 4.43. The summed E-state index contributed by atoms with van der Waals surface area (Å²) in [5.74, 6) is -0.930. The summed E-state index contributed by atoms with van der Waals surface area (Å²) in [4.78, 5) is 12.1. The minimum Gasteiger partial charge on any atom is -0.478 e. The molecular formula is C9H17NO3. The van der Waals surface area contributed by atoms with Crippen LogP contribution in [0, 0.1) is 0 Å². The standard InChI is InChI=1S/C9H17NO3/c1-2-5-10(7-8-11)6-3-4-9(12)13/h3-4,11H,2,5-8H2,1H3,(H,12,13). The maximum absolute atomic E-state index is 10.1. The second-order valence-electron chi connectivity index (χ2n) is 2.76. The fourth-order valence-corrected chi connectivity index (χ4v) is 1.05. The maximum Gasteiger partial charge on any atom is 0.328 e. The Morgan fingerprint density at radius 3 is 2.62 bits per heavy atom. The smallest absolute Gasteiger partial charge is 0.328 e. The van der Waals surface area contributed by atoms with Gasteiger partial charge in [0.1, 0.15) is 0 Å². The van der Waals surface area contributed by atoms with Gasteiger partial charge in [-0.25, -0.2) is 4.79 Å². The molecule has 0 aromatic heterocycles. The van der Waals surface area contributed by atoms with Crippen molar-refractivity contribution in [2.45, 2.75) is 13.3 Å². The molecule has 0 fully saturated rings. The van der Waals surface area contributed by atoms with Gasteiger partial charge in [0.2, 0.25) is 0 Å². The number of carboxylic acid groups (broad SMARTS) is 1. The minimum absolute atomic E-state index is 0.112. The predicted octanol–water partition coefficient (Wildman–Crippen LogP) is 0.331. The largest absolute Gasteiger partial charge is 0.478 e. The molecular weight excluding hydrogens is 170 g/mol. The van der Waals surface area contributed by atoms with Gasteiger partial charge in [-0.3, -0.25) is 4.90 Å². The summed E-state index contributed by atoms with van der Waals surface area (Å²) >= 11 is 0. The van der Waals surface area contributed by atoms with Gasteiger partial charge in [-0.15, -0.1) is 0 Å². The molecule has 2 N–H and O–H groups in total. The molecule has 0 aliphatic carbocycles. The Hall–Kier alpha value is -0.870. The highest BCUT2D eigenvalue weighted by molar-refractivity contribution is 5.79. The number of aliphatic hydroxyl groups is 1. The molecule has 0 aliphatic rings. The number of aliphatic carboxylic acids is 1. The lowest BCUT2D eigenvalue weighted by Crippen LogP contribution is -2.27. The normalized spacial score (nSPS) is 11.3. The summed E-state index contributed by atoms with van der Waals surface area (Å²) in [6, 6.07) is 0. The third kappa shape index (κ3) is 7.49. The molecule has 13 heavy (non-hydrogen) atoms. The SMILES string of the molecule is CCCN(CC=CC(=O)O)CCO. The van der Waals surface area contributed by atoms with E-state index in [9.17, 15) is 4.79 Å². The molecule has 0 heterocycles. The van der Waals surface area contributed by atoms with Crippen LogP contribution in [0.1, 0.15) is 13.3 Å². The van der Waals surface area contributed by atoms with Crippen molar-refractivity contribution in [2.24, 2.45) is 0 Å². The van der Waals surface area contributed by atoms with E-state index in [-0.39, 0.29) is 6.61 Å². The van der Waals surface area contributed by atoms with Gasteiger partial charge in [0.25, 0.3) is 0 Å². The monoisotopic (exact) mass is 187 g/mol. The van der Waals surface area contributed by atoms with E-state index in [1.165, 1.54) is 0 Å². The first-order chi connectivity index (χ1) is 6.20. The van der Waals surface area contributed by atoms with Crippen LogP contribution in [0.3, 0.4) is 0 Å². The average molecular weight is 187 g/mol. The second-order valence-corrected chi connectivity index (χ2v) is 2.76. The number of hydrogen-bond acceptors (Lipinski definition) is 3. The van der Waals surface area contributed by atoms with Gasteiger partial charge in [-0.2, -0.15) is 0 Å². The van der Waals surface area contributed by atoms with Gasteiger partial charge >= 0.3 is 5.97 Å². The van der Waals surface area contributed by atoms with E-state index in [0.29, 0.717) is 13.1 Å². The maximum atomic E-state index is 10.1. The van der Waals surface area contributed by atoms with Crippen LogP contribution >= 0.6 is 0 Å². The lowest BCUT2D eigenvalue weighted by molar-refractivity contribution is -0.131. The van der Waals surface area contributed by atoms with Gasteiger partial charge in [0, 0.05) is 19.2 Å². The van der Waals surface area contributed by atoms with Crippen LogP contribution in [0.5, 0.6) is 0 Å². The molecule has 0 aromatic rings. The van der Waals surface area contributed by atoms with Gasteiger partial charge in [0.15, 0.2) is 0 Å². The Morgan fingerprint density at radius 2 is 2.15 bits per heavy atom. The lowest BCUT2D eigenvalue weighted by atomic mass is 10.3. The first-order valence-electron chi connectivity index (χ1n) is 4.43. The molecule has 0 saturated heterocycles. The number of carboxylic acids is 1. The van der Waals surface area contributed by atoms with E-state index in [2.05, 4.69) is 0 Å². The average Bonchev–Trinajstić information content (AvgIpc) is 2.04. The highest BCUT2D eigenvalue weighted by Crippen LogP contribution is 1.91. The number of rotatable bonds is 7. The molecule has 0 radical (unpaired) electrons. The molecule has 4 nitrogen and oxygen atoms in total. The van der Waals surface area contributed by atoms with Crippen LogP contribution in [0.15, 0.2) is 12.2 Å². The molecule has 0 aliphatic heterocycles. The number of carbonyl (C=O) groups is 1. The number of hydrogen-bond donors (Lipinski definition) is 2. The van der Waals surface area contributed by atoms with Gasteiger partial charge < -0.3 is 10.2 Å². The Labute approximate surface area is 78.5 Å². The third-order valence-electron chi connectivity index (χ3n) is 1.58. The van der Waals surface area contributed by atoms with Crippen molar-refractivity contribution in [3.8, 4) is 0 Å². The molecule has 0 atom stereocenters. The molecule has 0 rings (SSSR count). The summed E-state index contributed by atoms with van der Waals surface area (Å²) in [5.41, 5.74) is 0. The predicted molar refractivity (Wildman–Crippen MR) is 50.6 cm³/mol. The Morgan fingerprint density at radius 1 is 1.46 bits per heavy atom. The van der Waals surface area contributed by atoms with E-state index >= 15 is 0 Å². The second kappa shape index (κ2) is 7.76. The number of nitrogens with zero attached hydrogens (tertiary/aromatic N) is 1. The molecule has 0 amide bonds. The molecule has 0 spiro atoms. The van der Waals surface area contributed by atoms with Crippen molar-refractivity contribution >= 4 is 5.97 Å². The Bertz CT molecular complexity index is 162. The van der Waals surface area contributed by atoms with Crippen molar-refractivity contribution < 1.29 is 15.0 Å². The first kappa shape index (κ1) is 12.1. The summed E-state index contributed by atoms with van der Waals surface area (Å²) in [7, 11) is 0. The van der Waals surface area contributed by atoms with E-state index in [0.717, 1.165) is 19.0 Å². The molecule has 0 unspecified atom stereocenters. The van der Waals surface area contributed by atoms with Crippen LogP contribution in [-0.2, 0) is 4.79 Å². The van der Waals surface area contributed by atoms with Gasteiger partial charge in [-0.05, 0) is 13.0 Å². The van der Waals surface area contributed by atoms with Crippen molar-refractivity contribution in [1.82, 2.24) is 4.90 Å². The van der Waals surface area contributed by atoms with E-state index in [4.69, 9.17) is 10.2 Å². The lowest BCUT2D eigenvalue weighted by Gasteiger charge is -2.17. The van der Waals surface area contributed by atoms with Crippen LogP contribution in [0.2, 0.25) is 0 Å². The molecule has 76 valence electrons. The topological polar surface area (TPSA) is 60.8 Å². The Balaban J connectivity index is 3.73. The zero-order valence-electron chi connectivity index (χ0n) is 7.94. The summed E-state index contributed by atoms with van der Waals surface area (Å²) in [6.45, 7) is 4.22. The highest BCUT2D eigenvalue weighted by Gasteiger charge is 1.99. The summed E-state index contributed by atoms with van der Waals surface area (Å²) < 4.78 is 0. The van der Waals surface area contributed by atoms with Crippen molar-refractivity contribution in [3.63, 3.8) is 0 Å². The highest BCUT2D eigenvalue weighted by atomic mass is 16.4. The fraction of sp³-hybridized carbons (Fsp3) is 0.667. The van der Waals surface area contributed by atoms with Crippen LogP contribution in [-0.4, -0.2) is 47.3 Å². The van der Waals surface area contributed by atoms with Crippen LogP contribution < -0.4 is 0 Å². The van der Waals surface area contributed by atoms with Crippen LogP contribution in [0.4, 0.5) is 0 Å². The fourth-order valence-electron chi connectivity index (χ4n) is 1.05. The minimum atomic E-state index is -0.930. The van der Waals surface area contributed by atoms with Crippen LogP contribution in [0.25, 0.3) is 0 Å². The van der Waals surface area contributed by atoms with E-state index < -0.39 is 5.97 Å². The summed E-state index contributed by atoms with van der Waals surface area (Å²) in [5, 5.41) is 17.0. The molecule has 0 aromatic carbocycles. The van der Waals surface area contributed by atoms with Crippen molar-refractivity contribution in [2.75, 3.05) is 26.2 Å². The zero-order chi connectivity index (χ0) is 10.1. The van der Waals surface area contributed by atoms with Gasteiger partial charge in [0.05, 0.1) is 6.61 Å². The number of aliphatic hydroxyl groups excluding tert-OH is 1. The molecule has 0 saturated carbocycles. The molecule has 0 bridgehead atoms.